The number of allylic oxidation sites excluding steroid dienone is 1. The number of alkyl halides is 3. The molecule has 0 saturated heterocycles. The van der Waals surface area contributed by atoms with E-state index < -0.39 is 30.0 Å². The van der Waals surface area contributed by atoms with E-state index in [-0.39, 0.29) is 18.9 Å². The maximum Gasteiger partial charge on any atom is 0.417 e. The third kappa shape index (κ3) is 5.46. The van der Waals surface area contributed by atoms with Crippen molar-refractivity contribution in [1.82, 2.24) is 4.98 Å². The van der Waals surface area contributed by atoms with Crippen molar-refractivity contribution in [3.05, 3.63) is 82.9 Å². The average molecular weight is 485 g/mol. The minimum absolute atomic E-state index is 0.0272. The van der Waals surface area contributed by atoms with E-state index in [1.165, 1.54) is 6.26 Å². The predicted octanol–water partition coefficient (Wildman–Crippen LogP) is 6.06. The van der Waals surface area contributed by atoms with Gasteiger partial charge in [-0.15, -0.1) is 0 Å². The van der Waals surface area contributed by atoms with Crippen molar-refractivity contribution in [1.29, 1.82) is 5.26 Å². The van der Waals surface area contributed by atoms with Crippen LogP contribution in [0, 0.1) is 23.7 Å². The number of aromatic amines is 1. The molecule has 184 valence electrons. The van der Waals surface area contributed by atoms with Crippen LogP contribution in [0.25, 0.3) is 10.9 Å². The SMILES string of the molecule is Cc1cc(C#N)cc2[nH]c(CC(O)(CC(C)(CC3=COCO3)Cc3ccccc3)C(F)(F)F)cc12. The molecule has 0 bridgehead atoms. The Labute approximate surface area is 201 Å². The number of nitrogens with zero attached hydrogens (tertiary/aromatic N) is 1. The minimum Gasteiger partial charge on any atom is -0.462 e. The van der Waals surface area contributed by atoms with E-state index in [9.17, 15) is 23.5 Å². The second-order valence-electron chi connectivity index (χ2n) is 9.71. The molecule has 1 aliphatic heterocycles. The van der Waals surface area contributed by atoms with E-state index in [1.54, 1.807) is 32.0 Å². The summed E-state index contributed by atoms with van der Waals surface area (Å²) in [7, 11) is 0. The Kier molecular flexibility index (Phi) is 6.56. The van der Waals surface area contributed by atoms with Gasteiger partial charge in [0, 0.05) is 29.4 Å². The summed E-state index contributed by atoms with van der Waals surface area (Å²) in [5.41, 5.74) is -1.11. The molecule has 3 aromatic rings. The van der Waals surface area contributed by atoms with Crippen LogP contribution in [0.4, 0.5) is 13.2 Å². The molecular weight excluding hydrogens is 457 g/mol. The number of fused-ring (bicyclic) bond motifs is 1. The maximum atomic E-state index is 14.4. The predicted molar refractivity (Wildman–Crippen MR) is 125 cm³/mol. The topological polar surface area (TPSA) is 78.3 Å². The summed E-state index contributed by atoms with van der Waals surface area (Å²) in [5, 5.41) is 21.1. The van der Waals surface area contributed by atoms with Crippen LogP contribution in [-0.2, 0) is 22.3 Å². The quantitative estimate of drug-likeness (QED) is 0.408. The smallest absolute Gasteiger partial charge is 0.417 e. The number of aryl methyl sites for hydroxylation is 1. The average Bonchev–Trinajstić information content (AvgIpc) is 3.42. The van der Waals surface area contributed by atoms with Crippen LogP contribution in [0.3, 0.4) is 0 Å². The normalized spacial score (nSPS) is 17.1. The standard InChI is InChI=1S/C27H27F3N2O3/c1-18-8-20(14-31)9-24-23(18)10-21(32-24)12-26(33,27(28,29)30)16-25(2,13-22-15-34-17-35-22)11-19-6-4-3-5-7-19/h3-10,15,32-33H,11-13,16-17H2,1-2H3. The zero-order valence-corrected chi connectivity index (χ0v) is 19.6. The van der Waals surface area contributed by atoms with Gasteiger partial charge in [-0.3, -0.25) is 0 Å². The molecule has 0 amide bonds. The summed E-state index contributed by atoms with van der Waals surface area (Å²) in [6.07, 6.45) is -4.16. The van der Waals surface area contributed by atoms with Gasteiger partial charge in [0.1, 0.15) is 12.0 Å². The number of aromatic nitrogens is 1. The molecule has 2 aromatic carbocycles. The lowest BCUT2D eigenvalue weighted by molar-refractivity contribution is -0.270. The molecule has 5 nitrogen and oxygen atoms in total. The molecule has 2 heterocycles. The van der Waals surface area contributed by atoms with Gasteiger partial charge in [0.2, 0.25) is 6.79 Å². The molecule has 0 spiro atoms. The largest absolute Gasteiger partial charge is 0.462 e. The van der Waals surface area contributed by atoms with Gasteiger partial charge in [-0.05, 0) is 54.5 Å². The van der Waals surface area contributed by atoms with E-state index in [0.717, 1.165) is 16.5 Å². The number of hydrogen-bond acceptors (Lipinski definition) is 4. The summed E-state index contributed by atoms with van der Waals surface area (Å²) in [6.45, 7) is 3.55. The second kappa shape index (κ2) is 9.31. The molecule has 0 saturated carbocycles. The third-order valence-electron chi connectivity index (χ3n) is 6.46. The van der Waals surface area contributed by atoms with Crippen LogP contribution >= 0.6 is 0 Å². The fourth-order valence-electron chi connectivity index (χ4n) is 4.98. The Hall–Kier alpha value is -3.44. The number of halogens is 3. The first kappa shape index (κ1) is 24.7. The summed E-state index contributed by atoms with van der Waals surface area (Å²) in [5.74, 6) is 0.457. The van der Waals surface area contributed by atoms with Crippen molar-refractivity contribution in [2.45, 2.75) is 51.3 Å². The number of aliphatic hydroxyl groups is 1. The van der Waals surface area contributed by atoms with E-state index >= 15 is 0 Å². The molecule has 0 aliphatic carbocycles. The van der Waals surface area contributed by atoms with Gasteiger partial charge < -0.3 is 19.6 Å². The molecule has 1 aliphatic rings. The van der Waals surface area contributed by atoms with Crippen molar-refractivity contribution < 1.29 is 27.8 Å². The molecule has 2 N–H and O–H groups in total. The van der Waals surface area contributed by atoms with E-state index in [1.807, 2.05) is 30.3 Å². The van der Waals surface area contributed by atoms with Crippen LogP contribution in [0.5, 0.6) is 0 Å². The van der Waals surface area contributed by atoms with Gasteiger partial charge in [0.15, 0.2) is 5.60 Å². The monoisotopic (exact) mass is 484 g/mol. The summed E-state index contributed by atoms with van der Waals surface area (Å²) < 4.78 is 53.9. The zero-order valence-electron chi connectivity index (χ0n) is 19.6. The maximum absolute atomic E-state index is 14.4. The van der Waals surface area contributed by atoms with Crippen LogP contribution in [0.15, 0.2) is 60.6 Å². The first-order valence-electron chi connectivity index (χ1n) is 11.3. The van der Waals surface area contributed by atoms with Gasteiger partial charge >= 0.3 is 6.18 Å². The highest BCUT2D eigenvalue weighted by Crippen LogP contribution is 2.46. The van der Waals surface area contributed by atoms with Gasteiger partial charge in [-0.2, -0.15) is 18.4 Å². The molecule has 0 fully saturated rings. The summed E-state index contributed by atoms with van der Waals surface area (Å²) in [6, 6.07) is 16.2. The van der Waals surface area contributed by atoms with Crippen molar-refractivity contribution in [3.8, 4) is 6.07 Å². The molecule has 0 radical (unpaired) electrons. The highest BCUT2D eigenvalue weighted by atomic mass is 19.4. The Balaban J connectivity index is 1.69. The second-order valence-corrected chi connectivity index (χ2v) is 9.71. The van der Waals surface area contributed by atoms with Gasteiger partial charge in [0.05, 0.1) is 11.6 Å². The van der Waals surface area contributed by atoms with Crippen LogP contribution in [0.2, 0.25) is 0 Å². The number of hydrogen-bond donors (Lipinski definition) is 2. The molecule has 1 aromatic heterocycles. The first-order chi connectivity index (χ1) is 16.5. The molecule has 35 heavy (non-hydrogen) atoms. The molecule has 8 heteroatoms. The molecule has 4 rings (SSSR count). The van der Waals surface area contributed by atoms with Crippen molar-refractivity contribution in [3.63, 3.8) is 0 Å². The first-order valence-corrected chi connectivity index (χ1v) is 11.3. The van der Waals surface area contributed by atoms with Crippen molar-refractivity contribution in [2.24, 2.45) is 5.41 Å². The van der Waals surface area contributed by atoms with Crippen molar-refractivity contribution in [2.75, 3.05) is 6.79 Å². The lowest BCUT2D eigenvalue weighted by atomic mass is 9.70. The lowest BCUT2D eigenvalue weighted by Gasteiger charge is -2.39. The number of ether oxygens (including phenoxy) is 2. The zero-order chi connectivity index (χ0) is 25.3. The number of H-pyrrole nitrogens is 1. The van der Waals surface area contributed by atoms with Crippen LogP contribution in [0.1, 0.15) is 42.1 Å². The highest BCUT2D eigenvalue weighted by molar-refractivity contribution is 5.85. The van der Waals surface area contributed by atoms with Gasteiger partial charge in [-0.25, -0.2) is 0 Å². The van der Waals surface area contributed by atoms with Crippen LogP contribution in [-0.4, -0.2) is 28.7 Å². The number of nitrogens with one attached hydrogen (secondary N) is 1. The minimum atomic E-state index is -4.88. The Morgan fingerprint density at radius 3 is 2.46 bits per heavy atom. The third-order valence-corrected chi connectivity index (χ3v) is 6.46. The van der Waals surface area contributed by atoms with Gasteiger partial charge in [-0.1, -0.05) is 37.3 Å². The van der Waals surface area contributed by atoms with E-state index in [4.69, 9.17) is 9.47 Å². The molecule has 2 atom stereocenters. The summed E-state index contributed by atoms with van der Waals surface area (Å²) >= 11 is 0. The summed E-state index contributed by atoms with van der Waals surface area (Å²) in [4.78, 5) is 2.98. The molecule has 2 unspecified atom stereocenters. The fourth-order valence-corrected chi connectivity index (χ4v) is 4.98. The lowest BCUT2D eigenvalue weighted by Crippen LogP contribution is -2.51. The Morgan fingerprint density at radius 1 is 1.09 bits per heavy atom. The Bertz CT molecular complexity index is 1280. The highest BCUT2D eigenvalue weighted by Gasteiger charge is 2.56. The number of nitriles is 1. The van der Waals surface area contributed by atoms with Gasteiger partial charge in [0.25, 0.3) is 0 Å². The fraction of sp³-hybridized carbons (Fsp3) is 0.370. The van der Waals surface area contributed by atoms with E-state index in [2.05, 4.69) is 11.1 Å². The molecular formula is C27H27F3N2O3. The van der Waals surface area contributed by atoms with Crippen LogP contribution < -0.4 is 0 Å². The number of rotatable bonds is 8. The number of benzene rings is 2. The Morgan fingerprint density at radius 2 is 1.83 bits per heavy atom. The van der Waals surface area contributed by atoms with E-state index in [0.29, 0.717) is 23.3 Å². The van der Waals surface area contributed by atoms with Crippen molar-refractivity contribution >= 4 is 10.9 Å².